The molecule has 2 N–H and O–H groups in total. The third kappa shape index (κ3) is 3.81. The van der Waals surface area contributed by atoms with Crippen molar-refractivity contribution >= 4 is 16.2 Å². The molecule has 2 rings (SSSR count). The molecule has 1 aliphatic heterocycles. The number of nitrogens with one attached hydrogen (secondary N) is 1. The SMILES string of the molecule is O=C(O)C1CCCN(S(=O)(=O)NCCn2cccc2)C1. The predicted octanol–water partition coefficient (Wildman–Crippen LogP) is 0.119. The van der Waals surface area contributed by atoms with Crippen LogP contribution < -0.4 is 4.72 Å². The van der Waals surface area contributed by atoms with E-state index in [4.69, 9.17) is 5.11 Å². The summed E-state index contributed by atoms with van der Waals surface area (Å²) in [5, 5.41) is 8.98. The average Bonchev–Trinajstić information content (AvgIpc) is 2.92. The number of carboxylic acids is 1. The molecule has 1 unspecified atom stereocenters. The molecular weight excluding hydrogens is 282 g/mol. The van der Waals surface area contributed by atoms with Crippen molar-refractivity contribution in [1.82, 2.24) is 13.6 Å². The van der Waals surface area contributed by atoms with E-state index in [1.54, 1.807) is 0 Å². The van der Waals surface area contributed by atoms with Gasteiger partial charge >= 0.3 is 5.97 Å². The van der Waals surface area contributed by atoms with Gasteiger partial charge in [-0.25, -0.2) is 4.72 Å². The van der Waals surface area contributed by atoms with Crippen molar-refractivity contribution in [2.75, 3.05) is 19.6 Å². The molecule has 112 valence electrons. The van der Waals surface area contributed by atoms with Crippen LogP contribution in [0, 0.1) is 5.92 Å². The standard InChI is InChI=1S/C12H19N3O4S/c16-12(17)11-4-3-8-15(10-11)20(18,19)13-5-9-14-6-1-2-7-14/h1-2,6-7,11,13H,3-5,8-10H2,(H,16,17). The molecule has 20 heavy (non-hydrogen) atoms. The summed E-state index contributed by atoms with van der Waals surface area (Å²) in [4.78, 5) is 11.0. The lowest BCUT2D eigenvalue weighted by Gasteiger charge is -2.29. The van der Waals surface area contributed by atoms with Crippen LogP contribution in [-0.2, 0) is 21.5 Å². The molecule has 1 aromatic heterocycles. The highest BCUT2D eigenvalue weighted by molar-refractivity contribution is 7.87. The van der Waals surface area contributed by atoms with Crippen LogP contribution in [0.5, 0.6) is 0 Å². The molecule has 2 heterocycles. The van der Waals surface area contributed by atoms with Crippen molar-refractivity contribution in [1.29, 1.82) is 0 Å². The Morgan fingerprint density at radius 1 is 1.35 bits per heavy atom. The number of nitrogens with zero attached hydrogens (tertiary/aromatic N) is 2. The second-order valence-electron chi connectivity index (χ2n) is 4.86. The lowest BCUT2D eigenvalue weighted by atomic mass is 10.0. The lowest BCUT2D eigenvalue weighted by Crippen LogP contribution is -2.47. The molecule has 7 nitrogen and oxygen atoms in total. The molecule has 0 saturated carbocycles. The molecule has 8 heteroatoms. The fourth-order valence-electron chi connectivity index (χ4n) is 2.28. The predicted molar refractivity (Wildman–Crippen MR) is 73.3 cm³/mol. The van der Waals surface area contributed by atoms with E-state index in [1.807, 2.05) is 29.1 Å². The Morgan fingerprint density at radius 3 is 2.70 bits per heavy atom. The molecule has 1 aromatic rings. The van der Waals surface area contributed by atoms with Gasteiger partial charge in [0, 0.05) is 38.6 Å². The lowest BCUT2D eigenvalue weighted by molar-refractivity contribution is -0.142. The second-order valence-corrected chi connectivity index (χ2v) is 6.61. The van der Waals surface area contributed by atoms with E-state index in [1.165, 1.54) is 4.31 Å². The number of aliphatic carboxylic acids is 1. The summed E-state index contributed by atoms with van der Waals surface area (Å²) >= 11 is 0. The summed E-state index contributed by atoms with van der Waals surface area (Å²) in [6.45, 7) is 1.25. The molecule has 0 aliphatic carbocycles. The van der Waals surface area contributed by atoms with E-state index < -0.39 is 22.1 Å². The van der Waals surface area contributed by atoms with Gasteiger partial charge in [-0.2, -0.15) is 12.7 Å². The molecule has 1 fully saturated rings. The number of piperidine rings is 1. The summed E-state index contributed by atoms with van der Waals surface area (Å²) in [6.07, 6.45) is 4.82. The van der Waals surface area contributed by atoms with Gasteiger partial charge in [0.25, 0.3) is 10.2 Å². The highest BCUT2D eigenvalue weighted by Gasteiger charge is 2.31. The van der Waals surface area contributed by atoms with Gasteiger partial charge in [0.1, 0.15) is 0 Å². The normalized spacial score (nSPS) is 20.9. The van der Waals surface area contributed by atoms with Gasteiger partial charge in [-0.15, -0.1) is 0 Å². The van der Waals surface area contributed by atoms with Crippen molar-refractivity contribution in [2.24, 2.45) is 5.92 Å². The molecular formula is C12H19N3O4S. The monoisotopic (exact) mass is 301 g/mol. The molecule has 1 aliphatic rings. The Balaban J connectivity index is 1.87. The first kappa shape index (κ1) is 15.0. The van der Waals surface area contributed by atoms with Crippen molar-refractivity contribution in [3.8, 4) is 0 Å². The number of hydrogen-bond acceptors (Lipinski definition) is 3. The van der Waals surface area contributed by atoms with E-state index in [-0.39, 0.29) is 13.1 Å². The summed E-state index contributed by atoms with van der Waals surface area (Å²) in [5.74, 6) is -1.54. The van der Waals surface area contributed by atoms with Gasteiger partial charge in [0.2, 0.25) is 0 Å². The van der Waals surface area contributed by atoms with Crippen molar-refractivity contribution in [3.05, 3.63) is 24.5 Å². The van der Waals surface area contributed by atoms with Crippen LogP contribution in [0.15, 0.2) is 24.5 Å². The summed E-state index contributed by atoms with van der Waals surface area (Å²) in [7, 11) is -3.60. The fraction of sp³-hybridized carbons (Fsp3) is 0.583. The van der Waals surface area contributed by atoms with Crippen molar-refractivity contribution in [3.63, 3.8) is 0 Å². The minimum absolute atomic E-state index is 0.0498. The van der Waals surface area contributed by atoms with Gasteiger partial charge in [-0.3, -0.25) is 4.79 Å². The fourth-order valence-corrected chi connectivity index (χ4v) is 3.55. The maximum atomic E-state index is 12.1. The van der Waals surface area contributed by atoms with Crippen LogP contribution in [-0.4, -0.2) is 48.0 Å². The minimum Gasteiger partial charge on any atom is -0.481 e. The Kier molecular flexibility index (Phi) is 4.79. The second kappa shape index (κ2) is 6.38. The van der Waals surface area contributed by atoms with Crippen LogP contribution in [0.3, 0.4) is 0 Å². The van der Waals surface area contributed by atoms with Crippen LogP contribution >= 0.6 is 0 Å². The largest absolute Gasteiger partial charge is 0.481 e. The van der Waals surface area contributed by atoms with E-state index in [9.17, 15) is 13.2 Å². The molecule has 0 amide bonds. The van der Waals surface area contributed by atoms with Crippen molar-refractivity contribution < 1.29 is 18.3 Å². The summed E-state index contributed by atoms with van der Waals surface area (Å²) in [5.41, 5.74) is 0. The minimum atomic E-state index is -3.60. The molecule has 1 atom stereocenters. The molecule has 0 bridgehead atoms. The van der Waals surface area contributed by atoms with Crippen LogP contribution in [0.25, 0.3) is 0 Å². The zero-order valence-corrected chi connectivity index (χ0v) is 11.9. The molecule has 0 radical (unpaired) electrons. The van der Waals surface area contributed by atoms with E-state index >= 15 is 0 Å². The zero-order chi connectivity index (χ0) is 14.6. The quantitative estimate of drug-likeness (QED) is 0.780. The van der Waals surface area contributed by atoms with E-state index in [2.05, 4.69) is 4.72 Å². The first-order chi connectivity index (χ1) is 9.49. The van der Waals surface area contributed by atoms with Gasteiger partial charge < -0.3 is 9.67 Å². The number of carboxylic acid groups (broad SMARTS) is 1. The van der Waals surface area contributed by atoms with Crippen LogP contribution in [0.2, 0.25) is 0 Å². The topological polar surface area (TPSA) is 91.6 Å². The molecule has 0 spiro atoms. The first-order valence-corrected chi connectivity index (χ1v) is 8.01. The third-order valence-corrected chi connectivity index (χ3v) is 4.97. The van der Waals surface area contributed by atoms with Crippen LogP contribution in [0.4, 0.5) is 0 Å². The Labute approximate surface area is 118 Å². The van der Waals surface area contributed by atoms with Crippen LogP contribution in [0.1, 0.15) is 12.8 Å². The van der Waals surface area contributed by atoms with Gasteiger partial charge in [0.15, 0.2) is 0 Å². The smallest absolute Gasteiger partial charge is 0.307 e. The van der Waals surface area contributed by atoms with Gasteiger partial charge in [-0.1, -0.05) is 0 Å². The highest BCUT2D eigenvalue weighted by Crippen LogP contribution is 2.18. The molecule has 0 aromatic carbocycles. The maximum Gasteiger partial charge on any atom is 0.307 e. The Hall–Kier alpha value is -1.38. The first-order valence-electron chi connectivity index (χ1n) is 6.57. The van der Waals surface area contributed by atoms with E-state index in [0.717, 1.165) is 0 Å². The summed E-state index contributed by atoms with van der Waals surface area (Å²) < 4.78 is 29.8. The number of rotatable bonds is 6. The average molecular weight is 301 g/mol. The van der Waals surface area contributed by atoms with Crippen molar-refractivity contribution in [2.45, 2.75) is 19.4 Å². The van der Waals surface area contributed by atoms with E-state index in [0.29, 0.717) is 25.9 Å². The Bertz CT molecular complexity index is 541. The third-order valence-electron chi connectivity index (χ3n) is 3.39. The van der Waals surface area contributed by atoms with Gasteiger partial charge in [-0.05, 0) is 25.0 Å². The number of aromatic nitrogens is 1. The molecule has 1 saturated heterocycles. The Morgan fingerprint density at radius 2 is 2.05 bits per heavy atom. The maximum absolute atomic E-state index is 12.1. The number of hydrogen-bond donors (Lipinski definition) is 2. The zero-order valence-electron chi connectivity index (χ0n) is 11.1. The van der Waals surface area contributed by atoms with Gasteiger partial charge in [0.05, 0.1) is 5.92 Å². The number of carbonyl (C=O) groups is 1. The highest BCUT2D eigenvalue weighted by atomic mass is 32.2. The summed E-state index contributed by atoms with van der Waals surface area (Å²) in [6, 6.07) is 3.74.